The van der Waals surface area contributed by atoms with Crippen LogP contribution in [0.3, 0.4) is 0 Å². The number of hydrogen-bond donors (Lipinski definition) is 0. The lowest BCUT2D eigenvalue weighted by atomic mass is 9.78. The second-order valence-electron chi connectivity index (χ2n) is 11.1. The SMILES string of the molecule is CCC1CC(=Cc2ccc(C(C)(C)C)cc2)C(=O)C(=Cc2ccc(C(C)(C)C)cc2)C1. The molecule has 0 heterocycles. The Labute approximate surface area is 189 Å². The van der Waals surface area contributed by atoms with Crippen molar-refractivity contribution in [2.45, 2.75) is 78.6 Å². The maximum Gasteiger partial charge on any atom is 0.185 e. The summed E-state index contributed by atoms with van der Waals surface area (Å²) < 4.78 is 0. The molecule has 31 heavy (non-hydrogen) atoms. The average Bonchev–Trinajstić information content (AvgIpc) is 2.70. The molecule has 0 atom stereocenters. The molecule has 0 aromatic heterocycles. The monoisotopic (exact) mass is 414 g/mol. The van der Waals surface area contributed by atoms with Crippen LogP contribution in [-0.2, 0) is 15.6 Å². The van der Waals surface area contributed by atoms with Gasteiger partial charge in [-0.05, 0) is 64.0 Å². The van der Waals surface area contributed by atoms with Crippen LogP contribution >= 0.6 is 0 Å². The van der Waals surface area contributed by atoms with Crippen molar-refractivity contribution >= 4 is 17.9 Å². The summed E-state index contributed by atoms with van der Waals surface area (Å²) in [7, 11) is 0. The minimum Gasteiger partial charge on any atom is -0.289 e. The van der Waals surface area contributed by atoms with Gasteiger partial charge in [-0.15, -0.1) is 0 Å². The molecule has 0 N–H and O–H groups in total. The highest BCUT2D eigenvalue weighted by Gasteiger charge is 2.27. The normalized spacial score (nSPS) is 20.5. The van der Waals surface area contributed by atoms with Crippen LogP contribution in [0.1, 0.15) is 90.0 Å². The summed E-state index contributed by atoms with van der Waals surface area (Å²) in [6.07, 6.45) is 7.04. The van der Waals surface area contributed by atoms with Crippen molar-refractivity contribution in [1.29, 1.82) is 0 Å². The molecule has 0 spiro atoms. The number of allylic oxidation sites excluding steroid dienone is 2. The molecule has 1 saturated carbocycles. The van der Waals surface area contributed by atoms with Gasteiger partial charge in [-0.25, -0.2) is 0 Å². The van der Waals surface area contributed by atoms with Gasteiger partial charge in [0.1, 0.15) is 0 Å². The second kappa shape index (κ2) is 8.99. The van der Waals surface area contributed by atoms with Crippen molar-refractivity contribution < 1.29 is 4.79 Å². The molecule has 0 bridgehead atoms. The quantitative estimate of drug-likeness (QED) is 0.463. The Morgan fingerprint density at radius 3 is 1.35 bits per heavy atom. The van der Waals surface area contributed by atoms with Crippen LogP contribution < -0.4 is 0 Å². The molecule has 1 nitrogen and oxygen atoms in total. The predicted octanol–water partition coefficient (Wildman–Crippen LogP) is 8.14. The molecule has 0 saturated heterocycles. The Morgan fingerprint density at radius 1 is 0.710 bits per heavy atom. The van der Waals surface area contributed by atoms with E-state index in [9.17, 15) is 4.79 Å². The molecule has 0 radical (unpaired) electrons. The highest BCUT2D eigenvalue weighted by atomic mass is 16.1. The van der Waals surface area contributed by atoms with Gasteiger partial charge in [-0.3, -0.25) is 4.79 Å². The third-order valence-corrected chi connectivity index (χ3v) is 6.41. The van der Waals surface area contributed by atoms with E-state index < -0.39 is 0 Å². The van der Waals surface area contributed by atoms with Gasteiger partial charge in [-0.2, -0.15) is 0 Å². The highest BCUT2D eigenvalue weighted by molar-refractivity contribution is 6.14. The fraction of sp³-hybridized carbons (Fsp3) is 0.433. The van der Waals surface area contributed by atoms with E-state index in [-0.39, 0.29) is 16.6 Å². The van der Waals surface area contributed by atoms with Crippen molar-refractivity contribution in [3.05, 3.63) is 81.9 Å². The number of carbonyl (C=O) groups excluding carboxylic acids is 1. The molecule has 164 valence electrons. The van der Waals surface area contributed by atoms with E-state index in [1.807, 2.05) is 0 Å². The van der Waals surface area contributed by atoms with E-state index in [1.54, 1.807) is 0 Å². The molecule has 1 fully saturated rings. The summed E-state index contributed by atoms with van der Waals surface area (Å²) in [4.78, 5) is 13.3. The Kier molecular flexibility index (Phi) is 6.74. The molecule has 1 aliphatic rings. The van der Waals surface area contributed by atoms with Gasteiger partial charge in [0.25, 0.3) is 0 Å². The fourth-order valence-corrected chi connectivity index (χ4v) is 4.18. The molecule has 3 rings (SSSR count). The van der Waals surface area contributed by atoms with E-state index >= 15 is 0 Å². The summed E-state index contributed by atoms with van der Waals surface area (Å²) in [6, 6.07) is 17.3. The van der Waals surface area contributed by atoms with Crippen molar-refractivity contribution in [3.8, 4) is 0 Å². The summed E-state index contributed by atoms with van der Waals surface area (Å²) in [6.45, 7) is 15.6. The minimum atomic E-state index is 0.137. The van der Waals surface area contributed by atoms with Crippen LogP contribution in [0.5, 0.6) is 0 Å². The molecular formula is C30H38O. The van der Waals surface area contributed by atoms with Crippen LogP contribution in [-0.4, -0.2) is 5.78 Å². The summed E-state index contributed by atoms with van der Waals surface area (Å²) in [5.74, 6) is 0.738. The first-order chi connectivity index (χ1) is 14.5. The fourth-order valence-electron chi connectivity index (χ4n) is 4.18. The Bertz CT molecular complexity index is 891. The zero-order chi connectivity index (χ0) is 22.8. The molecule has 0 aliphatic heterocycles. The molecule has 2 aromatic rings. The first kappa shape index (κ1) is 23.3. The van der Waals surface area contributed by atoms with Crippen molar-refractivity contribution in [2.24, 2.45) is 5.92 Å². The third kappa shape index (κ3) is 5.85. The molecule has 1 heteroatoms. The highest BCUT2D eigenvalue weighted by Crippen LogP contribution is 2.34. The molecular weight excluding hydrogens is 376 g/mol. The van der Waals surface area contributed by atoms with E-state index in [2.05, 4.69) is 109 Å². The average molecular weight is 415 g/mol. The van der Waals surface area contributed by atoms with Gasteiger partial charge in [0.2, 0.25) is 0 Å². The topological polar surface area (TPSA) is 17.1 Å². The molecule has 0 unspecified atom stereocenters. The van der Waals surface area contributed by atoms with Gasteiger partial charge < -0.3 is 0 Å². The lowest BCUT2D eigenvalue weighted by Crippen LogP contribution is -2.19. The first-order valence-corrected chi connectivity index (χ1v) is 11.6. The van der Waals surface area contributed by atoms with Gasteiger partial charge in [0, 0.05) is 11.1 Å². The lowest BCUT2D eigenvalue weighted by Gasteiger charge is -2.25. The summed E-state index contributed by atoms with van der Waals surface area (Å²) >= 11 is 0. The number of carbonyl (C=O) groups is 1. The minimum absolute atomic E-state index is 0.137. The van der Waals surface area contributed by atoms with Gasteiger partial charge in [0.15, 0.2) is 5.78 Å². The number of ketones is 1. The van der Waals surface area contributed by atoms with Crippen LogP contribution in [0.2, 0.25) is 0 Å². The number of benzene rings is 2. The maximum absolute atomic E-state index is 13.3. The third-order valence-electron chi connectivity index (χ3n) is 6.41. The predicted molar refractivity (Wildman–Crippen MR) is 134 cm³/mol. The molecule has 1 aliphatic carbocycles. The first-order valence-electron chi connectivity index (χ1n) is 11.6. The smallest absolute Gasteiger partial charge is 0.185 e. The standard InChI is InChI=1S/C30H38O/c1-8-21-17-24(19-22-9-13-26(14-10-22)29(2,3)4)28(31)25(18-21)20-23-11-15-27(16-12-23)30(5,6)7/h9-16,19-21H,8,17-18H2,1-7H3. The van der Waals surface area contributed by atoms with Crippen molar-refractivity contribution in [2.75, 3.05) is 0 Å². The maximum atomic E-state index is 13.3. The zero-order valence-electron chi connectivity index (χ0n) is 20.4. The second-order valence-corrected chi connectivity index (χ2v) is 11.1. The summed E-state index contributed by atoms with van der Waals surface area (Å²) in [5, 5.41) is 0. The van der Waals surface area contributed by atoms with E-state index in [0.717, 1.165) is 41.5 Å². The Hall–Kier alpha value is -2.41. The lowest BCUT2D eigenvalue weighted by molar-refractivity contribution is -0.113. The number of hydrogen-bond acceptors (Lipinski definition) is 1. The van der Waals surface area contributed by atoms with Crippen molar-refractivity contribution in [1.82, 2.24) is 0 Å². The summed E-state index contributed by atoms with van der Waals surface area (Å²) in [5.41, 5.74) is 7.02. The van der Waals surface area contributed by atoms with E-state index in [0.29, 0.717) is 5.92 Å². The Balaban J connectivity index is 1.89. The van der Waals surface area contributed by atoms with Gasteiger partial charge in [0.05, 0.1) is 0 Å². The largest absolute Gasteiger partial charge is 0.289 e. The van der Waals surface area contributed by atoms with E-state index in [1.165, 1.54) is 11.1 Å². The van der Waals surface area contributed by atoms with Crippen molar-refractivity contribution in [3.63, 3.8) is 0 Å². The molecule has 2 aromatic carbocycles. The van der Waals surface area contributed by atoms with Crippen LogP contribution in [0.15, 0.2) is 59.7 Å². The van der Waals surface area contributed by atoms with Crippen LogP contribution in [0, 0.1) is 5.92 Å². The van der Waals surface area contributed by atoms with Gasteiger partial charge in [-0.1, -0.05) is 103 Å². The zero-order valence-corrected chi connectivity index (χ0v) is 20.4. The Morgan fingerprint density at radius 2 is 1.06 bits per heavy atom. The molecule has 0 amide bonds. The van der Waals surface area contributed by atoms with Gasteiger partial charge >= 0.3 is 0 Å². The number of Topliss-reactive ketones (excluding diaryl/α,β-unsaturated/α-hetero) is 1. The van der Waals surface area contributed by atoms with E-state index in [4.69, 9.17) is 0 Å². The number of rotatable bonds is 3. The van der Waals surface area contributed by atoms with Crippen LogP contribution in [0.4, 0.5) is 0 Å². The van der Waals surface area contributed by atoms with Crippen LogP contribution in [0.25, 0.3) is 12.2 Å².